The molecular weight excluding hydrogens is 302 g/mol. The number of halogens is 1. The van der Waals surface area contributed by atoms with Crippen molar-refractivity contribution in [2.75, 3.05) is 0 Å². The maximum Gasteiger partial charge on any atom is 0.256 e. The van der Waals surface area contributed by atoms with Crippen LogP contribution in [0.4, 0.5) is 0 Å². The van der Waals surface area contributed by atoms with Gasteiger partial charge in [-0.2, -0.15) is 4.98 Å². The summed E-state index contributed by atoms with van der Waals surface area (Å²) in [5.41, 5.74) is 0.687. The lowest BCUT2D eigenvalue weighted by molar-refractivity contribution is 0.0605. The first-order valence-corrected chi connectivity index (χ1v) is 8.24. The van der Waals surface area contributed by atoms with Gasteiger partial charge in [0.2, 0.25) is 5.82 Å². The highest BCUT2D eigenvalue weighted by Gasteiger charge is 2.26. The third-order valence-electron chi connectivity index (χ3n) is 4.25. The summed E-state index contributed by atoms with van der Waals surface area (Å²) in [5, 5.41) is 15.0. The lowest BCUT2D eigenvalue weighted by Crippen LogP contribution is -2.14. The first kappa shape index (κ1) is 15.4. The predicted molar refractivity (Wildman–Crippen MR) is 83.3 cm³/mol. The van der Waals surface area contributed by atoms with Crippen molar-refractivity contribution >= 4 is 11.6 Å². The van der Waals surface area contributed by atoms with Crippen LogP contribution in [0.2, 0.25) is 5.02 Å². The number of rotatable bonds is 3. The van der Waals surface area contributed by atoms with E-state index in [1.807, 2.05) is 0 Å². The molecule has 3 rings (SSSR count). The average molecular weight is 322 g/mol. The minimum Gasteiger partial charge on any atom is -0.383 e. The van der Waals surface area contributed by atoms with Crippen LogP contribution in [0.25, 0.3) is 11.4 Å². The van der Waals surface area contributed by atoms with Gasteiger partial charge < -0.3 is 9.63 Å². The number of nitrogens with zero attached hydrogens (tertiary/aromatic N) is 3. The molecule has 0 radical (unpaired) electrons. The average Bonchev–Trinajstić information content (AvgIpc) is 2.96. The highest BCUT2D eigenvalue weighted by molar-refractivity contribution is 6.30. The topological polar surface area (TPSA) is 72.0 Å². The number of aromatic nitrogens is 3. The minimum atomic E-state index is -0.688. The van der Waals surface area contributed by atoms with E-state index >= 15 is 0 Å². The van der Waals surface area contributed by atoms with E-state index in [-0.39, 0.29) is 5.92 Å². The quantitative estimate of drug-likeness (QED) is 0.918. The van der Waals surface area contributed by atoms with Gasteiger partial charge in [0, 0.05) is 18.0 Å². The van der Waals surface area contributed by atoms with Crippen molar-refractivity contribution in [3.8, 4) is 11.4 Å². The maximum absolute atomic E-state index is 10.5. The Balaban J connectivity index is 1.74. The summed E-state index contributed by atoms with van der Waals surface area (Å²) < 4.78 is 5.26. The summed E-state index contributed by atoms with van der Waals surface area (Å²) in [4.78, 5) is 8.34. The molecular formula is C16H20ClN3O2. The Labute approximate surface area is 134 Å². The summed E-state index contributed by atoms with van der Waals surface area (Å²) in [6.07, 6.45) is 10.6. The van der Waals surface area contributed by atoms with Crippen molar-refractivity contribution in [3.63, 3.8) is 0 Å². The Kier molecular flexibility index (Phi) is 5.05. The molecule has 1 saturated carbocycles. The van der Waals surface area contributed by atoms with Gasteiger partial charge in [0.1, 0.15) is 6.10 Å². The molecule has 1 fully saturated rings. The molecule has 0 spiro atoms. The molecule has 1 N–H and O–H groups in total. The van der Waals surface area contributed by atoms with Gasteiger partial charge in [-0.25, -0.2) is 0 Å². The van der Waals surface area contributed by atoms with Gasteiger partial charge >= 0.3 is 0 Å². The summed E-state index contributed by atoms with van der Waals surface area (Å²) in [7, 11) is 0. The second-order valence-electron chi connectivity index (χ2n) is 5.90. The lowest BCUT2D eigenvalue weighted by atomic mass is 9.87. The molecule has 0 amide bonds. The van der Waals surface area contributed by atoms with Gasteiger partial charge in [-0.3, -0.25) is 4.98 Å². The van der Waals surface area contributed by atoms with E-state index in [0.29, 0.717) is 22.3 Å². The van der Waals surface area contributed by atoms with Gasteiger partial charge in [-0.05, 0) is 24.8 Å². The molecule has 1 aliphatic carbocycles. The van der Waals surface area contributed by atoms with Crippen LogP contribution in [-0.2, 0) is 0 Å². The molecule has 0 aromatic carbocycles. The van der Waals surface area contributed by atoms with E-state index in [9.17, 15) is 5.11 Å². The van der Waals surface area contributed by atoms with Gasteiger partial charge in [-0.15, -0.1) is 0 Å². The van der Waals surface area contributed by atoms with Crippen LogP contribution in [0.3, 0.4) is 0 Å². The molecule has 2 heterocycles. The first-order valence-electron chi connectivity index (χ1n) is 7.86. The number of hydrogen-bond donors (Lipinski definition) is 1. The third-order valence-corrected chi connectivity index (χ3v) is 4.46. The van der Waals surface area contributed by atoms with Crippen LogP contribution >= 0.6 is 11.6 Å². The van der Waals surface area contributed by atoms with E-state index in [0.717, 1.165) is 25.7 Å². The van der Waals surface area contributed by atoms with E-state index < -0.39 is 6.10 Å². The monoisotopic (exact) mass is 321 g/mol. The number of aliphatic hydroxyl groups is 1. The van der Waals surface area contributed by atoms with Gasteiger partial charge in [0.05, 0.1) is 5.02 Å². The molecule has 0 saturated heterocycles. The highest BCUT2D eigenvalue weighted by atomic mass is 35.5. The fourth-order valence-electron chi connectivity index (χ4n) is 3.01. The largest absolute Gasteiger partial charge is 0.383 e. The smallest absolute Gasteiger partial charge is 0.256 e. The molecule has 1 atom stereocenters. The van der Waals surface area contributed by atoms with Crippen LogP contribution in [-0.4, -0.2) is 20.2 Å². The summed E-state index contributed by atoms with van der Waals surface area (Å²) >= 11 is 5.92. The zero-order valence-electron chi connectivity index (χ0n) is 12.4. The molecule has 5 nitrogen and oxygen atoms in total. The van der Waals surface area contributed by atoms with Crippen molar-refractivity contribution in [2.45, 2.75) is 51.0 Å². The summed E-state index contributed by atoms with van der Waals surface area (Å²) in [6, 6.07) is 1.73. The van der Waals surface area contributed by atoms with E-state index in [4.69, 9.17) is 16.1 Å². The highest BCUT2D eigenvalue weighted by Crippen LogP contribution is 2.33. The molecule has 22 heavy (non-hydrogen) atoms. The zero-order valence-corrected chi connectivity index (χ0v) is 13.2. The number of hydrogen-bond acceptors (Lipinski definition) is 5. The van der Waals surface area contributed by atoms with Crippen molar-refractivity contribution in [1.29, 1.82) is 0 Å². The molecule has 2 aromatic heterocycles. The number of pyridine rings is 1. The summed E-state index contributed by atoms with van der Waals surface area (Å²) in [5.74, 6) is 0.904. The van der Waals surface area contributed by atoms with Crippen LogP contribution in [0.15, 0.2) is 23.0 Å². The molecule has 118 valence electrons. The Morgan fingerprint density at radius 1 is 1.14 bits per heavy atom. The van der Waals surface area contributed by atoms with Gasteiger partial charge in [0.15, 0.2) is 0 Å². The SMILES string of the molecule is OC(c1nc(-c2cncc(Cl)c2)no1)C1CCCCCCC1. The molecule has 2 aromatic rings. The third kappa shape index (κ3) is 3.65. The Morgan fingerprint density at radius 3 is 2.59 bits per heavy atom. The second kappa shape index (κ2) is 7.20. The van der Waals surface area contributed by atoms with Crippen molar-refractivity contribution in [2.24, 2.45) is 5.92 Å². The zero-order chi connectivity index (χ0) is 15.4. The lowest BCUT2D eigenvalue weighted by Gasteiger charge is -2.22. The molecule has 0 bridgehead atoms. The number of aliphatic hydroxyl groups excluding tert-OH is 1. The van der Waals surface area contributed by atoms with Crippen LogP contribution in [0.5, 0.6) is 0 Å². The van der Waals surface area contributed by atoms with Crippen LogP contribution < -0.4 is 0 Å². The Hall–Kier alpha value is -1.46. The van der Waals surface area contributed by atoms with Crippen LogP contribution in [0.1, 0.15) is 56.9 Å². The van der Waals surface area contributed by atoms with Gasteiger partial charge in [-0.1, -0.05) is 48.9 Å². The Morgan fingerprint density at radius 2 is 1.86 bits per heavy atom. The molecule has 1 aliphatic rings. The van der Waals surface area contributed by atoms with Gasteiger partial charge in [0.25, 0.3) is 5.89 Å². The van der Waals surface area contributed by atoms with E-state index in [1.54, 1.807) is 18.5 Å². The van der Waals surface area contributed by atoms with Crippen molar-refractivity contribution in [1.82, 2.24) is 15.1 Å². The predicted octanol–water partition coefficient (Wildman–Crippen LogP) is 4.18. The molecule has 0 aliphatic heterocycles. The van der Waals surface area contributed by atoms with Crippen LogP contribution in [0, 0.1) is 5.92 Å². The Bertz CT molecular complexity index is 609. The van der Waals surface area contributed by atoms with Crippen molar-refractivity contribution in [3.05, 3.63) is 29.4 Å². The normalized spacial score (nSPS) is 18.6. The molecule has 1 unspecified atom stereocenters. The fourth-order valence-corrected chi connectivity index (χ4v) is 3.19. The second-order valence-corrected chi connectivity index (χ2v) is 6.33. The van der Waals surface area contributed by atoms with E-state index in [1.165, 1.54) is 19.3 Å². The molecule has 6 heteroatoms. The standard InChI is InChI=1S/C16H20ClN3O2/c17-13-8-12(9-18-10-13)15-19-16(22-20-15)14(21)11-6-4-2-1-3-5-7-11/h8-11,14,21H,1-7H2. The summed E-state index contributed by atoms with van der Waals surface area (Å²) in [6.45, 7) is 0. The van der Waals surface area contributed by atoms with E-state index in [2.05, 4.69) is 15.1 Å². The maximum atomic E-state index is 10.5. The first-order chi connectivity index (χ1) is 10.7. The van der Waals surface area contributed by atoms with Crippen molar-refractivity contribution < 1.29 is 9.63 Å². The fraction of sp³-hybridized carbons (Fsp3) is 0.562. The minimum absolute atomic E-state index is 0.200.